The fourth-order valence-corrected chi connectivity index (χ4v) is 9.82. The molecule has 0 radical (unpaired) electrons. The Labute approximate surface area is 257 Å². The second kappa shape index (κ2) is 12.2. The highest BCUT2D eigenvalue weighted by Crippen LogP contribution is 2.42. The number of carboxylic acid groups (broad SMARTS) is 1. The zero-order valence-corrected chi connectivity index (χ0v) is 26.4. The first-order valence-electron chi connectivity index (χ1n) is 15.4. The fourth-order valence-electron chi connectivity index (χ4n) is 7.35. The molecule has 3 unspecified atom stereocenters. The van der Waals surface area contributed by atoms with E-state index in [2.05, 4.69) is 18.7 Å². The van der Waals surface area contributed by atoms with Gasteiger partial charge < -0.3 is 14.9 Å². The van der Waals surface area contributed by atoms with Crippen molar-refractivity contribution in [3.63, 3.8) is 0 Å². The Morgan fingerprint density at radius 1 is 1.02 bits per heavy atom. The Morgan fingerprint density at radius 2 is 1.72 bits per heavy atom. The number of hydrogen-bond acceptors (Lipinski definition) is 7. The summed E-state index contributed by atoms with van der Waals surface area (Å²) in [5.74, 6) is -0.452. The van der Waals surface area contributed by atoms with Gasteiger partial charge in [-0.1, -0.05) is 55.7 Å². The number of aliphatic imine (C=N–C) groups is 1. The number of dihydropyridines is 1. The summed E-state index contributed by atoms with van der Waals surface area (Å²) in [6, 6.07) is 11.7. The number of benzene rings is 1. The van der Waals surface area contributed by atoms with Crippen LogP contribution in [0.5, 0.6) is 0 Å². The minimum atomic E-state index is -3.93. The van der Waals surface area contributed by atoms with Gasteiger partial charge in [-0.25, -0.2) is 13.2 Å². The Balaban J connectivity index is 1.29. The number of rotatable bonds is 6. The van der Waals surface area contributed by atoms with Crippen LogP contribution < -0.4 is 4.90 Å². The van der Waals surface area contributed by atoms with E-state index in [4.69, 9.17) is 4.99 Å². The van der Waals surface area contributed by atoms with Crippen molar-refractivity contribution in [1.82, 2.24) is 9.21 Å². The molecule has 6 rings (SSSR count). The summed E-state index contributed by atoms with van der Waals surface area (Å²) in [5.41, 5.74) is 1.25. The first-order chi connectivity index (χ1) is 20.6. The molecule has 2 aromatic rings. The lowest BCUT2D eigenvalue weighted by Gasteiger charge is -2.45. The summed E-state index contributed by atoms with van der Waals surface area (Å²) in [6.07, 6.45) is 9.32. The Kier molecular flexibility index (Phi) is 8.50. The van der Waals surface area contributed by atoms with Crippen molar-refractivity contribution in [3.05, 3.63) is 52.3 Å². The van der Waals surface area contributed by atoms with Gasteiger partial charge >= 0.3 is 5.97 Å². The number of carbonyl (C=O) groups is 2. The lowest BCUT2D eigenvalue weighted by Crippen LogP contribution is -2.61. The van der Waals surface area contributed by atoms with Crippen LogP contribution in [0.3, 0.4) is 0 Å². The van der Waals surface area contributed by atoms with Crippen molar-refractivity contribution in [2.75, 3.05) is 24.5 Å². The maximum atomic E-state index is 14.0. The summed E-state index contributed by atoms with van der Waals surface area (Å²) >= 11 is 1.15. The smallest absolute Gasteiger partial charge is 0.348 e. The average Bonchev–Trinajstić information content (AvgIpc) is 3.61. The van der Waals surface area contributed by atoms with E-state index in [1.807, 2.05) is 30.3 Å². The Bertz CT molecular complexity index is 1530. The molecule has 3 atom stereocenters. The molecule has 1 aromatic carbocycles. The number of carboxylic acids is 1. The van der Waals surface area contributed by atoms with Crippen LogP contribution in [-0.2, 0) is 14.8 Å². The van der Waals surface area contributed by atoms with E-state index in [0.717, 1.165) is 72.6 Å². The van der Waals surface area contributed by atoms with E-state index in [-0.39, 0.29) is 41.2 Å². The highest BCUT2D eigenvalue weighted by molar-refractivity contribution is 7.93. The number of anilines is 1. The molecule has 3 fully saturated rings. The van der Waals surface area contributed by atoms with Crippen LogP contribution in [0.2, 0.25) is 0 Å². The van der Waals surface area contributed by atoms with Gasteiger partial charge in [0.15, 0.2) is 0 Å². The van der Waals surface area contributed by atoms with Crippen molar-refractivity contribution in [2.45, 2.75) is 83.3 Å². The minimum absolute atomic E-state index is 0.0736. The maximum Gasteiger partial charge on any atom is 0.348 e. The maximum absolute atomic E-state index is 14.0. The van der Waals surface area contributed by atoms with Crippen molar-refractivity contribution in [2.24, 2.45) is 10.9 Å². The van der Waals surface area contributed by atoms with Gasteiger partial charge in [-0.05, 0) is 57.1 Å². The number of carbonyl (C=O) groups excluding carboxylic acids is 1. The number of thiophene rings is 1. The summed E-state index contributed by atoms with van der Waals surface area (Å²) in [6.45, 7) is 4.26. The van der Waals surface area contributed by atoms with Crippen LogP contribution in [0.25, 0.3) is 10.4 Å². The lowest BCUT2D eigenvalue weighted by molar-refractivity contribution is -0.121. The zero-order valence-electron chi connectivity index (χ0n) is 24.8. The fraction of sp³-hybridized carbons (Fsp3) is 0.531. The van der Waals surface area contributed by atoms with Gasteiger partial charge in [0.05, 0.1) is 29.7 Å². The molecule has 0 bridgehead atoms. The molecular weight excluding hydrogens is 585 g/mol. The topological polar surface area (TPSA) is 111 Å². The van der Waals surface area contributed by atoms with Gasteiger partial charge in [0.2, 0.25) is 15.9 Å². The van der Waals surface area contributed by atoms with Crippen molar-refractivity contribution < 1.29 is 23.1 Å². The van der Waals surface area contributed by atoms with Crippen molar-refractivity contribution in [1.29, 1.82) is 0 Å². The van der Waals surface area contributed by atoms with Crippen LogP contribution >= 0.6 is 11.3 Å². The third-order valence-corrected chi connectivity index (χ3v) is 12.6. The minimum Gasteiger partial charge on any atom is -0.477 e. The van der Waals surface area contributed by atoms with Gasteiger partial charge in [0.25, 0.3) is 0 Å². The molecule has 4 aliphatic rings. The third-order valence-electron chi connectivity index (χ3n) is 9.57. The summed E-state index contributed by atoms with van der Waals surface area (Å²) in [7, 11) is -3.93. The first kappa shape index (κ1) is 30.0. The van der Waals surface area contributed by atoms with Crippen LogP contribution in [-0.4, -0.2) is 78.2 Å². The van der Waals surface area contributed by atoms with Crippen LogP contribution in [0.4, 0.5) is 5.69 Å². The molecule has 1 saturated carbocycles. The number of piperazine rings is 1. The normalized spacial score (nSPS) is 26.0. The predicted molar refractivity (Wildman–Crippen MR) is 170 cm³/mol. The monoisotopic (exact) mass is 624 g/mol. The van der Waals surface area contributed by atoms with Gasteiger partial charge in [0.1, 0.15) is 10.7 Å². The van der Waals surface area contributed by atoms with Crippen LogP contribution in [0.1, 0.15) is 74.9 Å². The zero-order chi connectivity index (χ0) is 30.3. The predicted octanol–water partition coefficient (Wildman–Crippen LogP) is 5.60. The van der Waals surface area contributed by atoms with E-state index in [1.54, 1.807) is 17.0 Å². The summed E-state index contributed by atoms with van der Waals surface area (Å²) < 4.78 is 29.3. The number of amidine groups is 1. The molecule has 1 amide bonds. The molecule has 11 heteroatoms. The van der Waals surface area contributed by atoms with Gasteiger partial charge in [-0.2, -0.15) is 4.31 Å². The number of hydrogen-bond donors (Lipinski definition) is 1. The van der Waals surface area contributed by atoms with Crippen LogP contribution in [0.15, 0.2) is 52.4 Å². The standard InChI is InChI=1S/C32H40N4O5S2/c1-21-13-14-22(2)35(21)29-16-15-25(18-33-29)43(40,41)34-19-27(23-9-5-3-6-10-23)36(30(37)20-34)26-17-28(42-31(26)32(38)39)24-11-7-4-8-12-24/h4,7-8,11-12,15,17,21-23,27H,3,5-6,9-10,13-14,16,18-20H2,1-2H3,(H,38,39). The Morgan fingerprint density at radius 3 is 2.35 bits per heavy atom. The summed E-state index contributed by atoms with van der Waals surface area (Å²) in [5, 5.41) is 10.2. The SMILES string of the molecule is CC1CCC(C)N1C1=NCC(S(=O)(=O)N2CC(=O)N(c3cc(-c4ccccc4)sc3C(=O)O)C(C3CCCCC3)C2)=CC1. The highest BCUT2D eigenvalue weighted by Gasteiger charge is 2.45. The van der Waals surface area contributed by atoms with Gasteiger partial charge in [-0.3, -0.25) is 9.79 Å². The average molecular weight is 625 g/mol. The number of aromatic carboxylic acids is 1. The second-order valence-corrected chi connectivity index (χ2v) is 15.4. The third kappa shape index (κ3) is 5.79. The number of amides is 1. The van der Waals surface area contributed by atoms with E-state index in [9.17, 15) is 23.1 Å². The number of likely N-dealkylation sites (tertiary alicyclic amines) is 1. The molecule has 1 N–H and O–H groups in total. The van der Waals surface area contributed by atoms with Gasteiger partial charge in [0, 0.05) is 29.9 Å². The largest absolute Gasteiger partial charge is 0.477 e. The number of sulfonamides is 1. The molecule has 1 aromatic heterocycles. The molecular formula is C32H40N4O5S2. The molecule has 3 aliphatic heterocycles. The second-order valence-electron chi connectivity index (χ2n) is 12.3. The molecule has 2 saturated heterocycles. The molecule has 9 nitrogen and oxygen atoms in total. The quantitative estimate of drug-likeness (QED) is 0.448. The lowest BCUT2D eigenvalue weighted by atomic mass is 9.82. The summed E-state index contributed by atoms with van der Waals surface area (Å²) in [4.78, 5) is 36.2. The van der Waals surface area contributed by atoms with Crippen LogP contribution in [0, 0.1) is 5.92 Å². The van der Waals surface area contributed by atoms with E-state index < -0.39 is 22.0 Å². The van der Waals surface area contributed by atoms with E-state index >= 15 is 0 Å². The molecule has 43 heavy (non-hydrogen) atoms. The highest BCUT2D eigenvalue weighted by atomic mass is 32.2. The molecule has 1 aliphatic carbocycles. The first-order valence-corrected chi connectivity index (χ1v) is 17.7. The van der Waals surface area contributed by atoms with E-state index in [0.29, 0.717) is 24.2 Å². The van der Waals surface area contributed by atoms with Gasteiger partial charge in [-0.15, -0.1) is 11.3 Å². The molecule has 230 valence electrons. The van der Waals surface area contributed by atoms with E-state index in [1.165, 1.54) is 4.31 Å². The van der Waals surface area contributed by atoms with Crippen molar-refractivity contribution >= 4 is 44.8 Å². The number of nitrogens with zero attached hydrogens (tertiary/aromatic N) is 4. The molecule has 4 heterocycles. The Hall–Kier alpha value is -3.02. The van der Waals surface area contributed by atoms with Crippen molar-refractivity contribution in [3.8, 4) is 10.4 Å². The molecule has 0 spiro atoms.